The van der Waals surface area contributed by atoms with Gasteiger partial charge in [-0.1, -0.05) is 6.42 Å². The Morgan fingerprint density at radius 2 is 1.71 bits per heavy atom. The largest absolute Gasteiger partial charge is 0.481 e. The van der Waals surface area contributed by atoms with Gasteiger partial charge in [-0.05, 0) is 32.1 Å². The molecule has 1 N–H and O–H groups in total. The van der Waals surface area contributed by atoms with Crippen LogP contribution in [0.25, 0.3) is 0 Å². The number of carboxylic acids is 1. The van der Waals surface area contributed by atoms with Crippen molar-refractivity contribution in [3.63, 3.8) is 0 Å². The highest BCUT2D eigenvalue weighted by molar-refractivity contribution is 5.80. The van der Waals surface area contributed by atoms with Gasteiger partial charge in [0.15, 0.2) is 0 Å². The predicted molar refractivity (Wildman–Crippen MR) is 68.4 cm³/mol. The molecule has 4 nitrogen and oxygen atoms in total. The Balaban J connectivity index is 1.97. The molecular formula is C14H20F3NO3. The number of hydrogen-bond donors (Lipinski definition) is 1. The van der Waals surface area contributed by atoms with Gasteiger partial charge in [0.05, 0.1) is 11.8 Å². The first-order valence-electron chi connectivity index (χ1n) is 7.37. The molecule has 21 heavy (non-hydrogen) atoms. The summed E-state index contributed by atoms with van der Waals surface area (Å²) in [6, 6.07) is 0. The molecule has 0 aromatic heterocycles. The number of nitrogens with zero attached hydrogens (tertiary/aromatic N) is 1. The van der Waals surface area contributed by atoms with Crippen LogP contribution in [0.1, 0.15) is 38.5 Å². The van der Waals surface area contributed by atoms with Crippen LogP contribution in [0.5, 0.6) is 0 Å². The number of hydrogen-bond acceptors (Lipinski definition) is 2. The fourth-order valence-corrected chi connectivity index (χ4v) is 3.35. The second-order valence-corrected chi connectivity index (χ2v) is 6.06. The number of rotatable bonds is 2. The van der Waals surface area contributed by atoms with E-state index in [4.69, 9.17) is 5.11 Å². The van der Waals surface area contributed by atoms with Crippen LogP contribution < -0.4 is 0 Å². The van der Waals surface area contributed by atoms with Crippen molar-refractivity contribution in [3.05, 3.63) is 0 Å². The van der Waals surface area contributed by atoms with E-state index in [9.17, 15) is 22.8 Å². The molecule has 1 amide bonds. The van der Waals surface area contributed by atoms with Crippen molar-refractivity contribution < 1.29 is 27.9 Å². The lowest BCUT2D eigenvalue weighted by molar-refractivity contribution is -0.187. The Kier molecular flexibility index (Phi) is 4.78. The lowest BCUT2D eigenvalue weighted by atomic mass is 9.80. The smallest absolute Gasteiger partial charge is 0.391 e. The van der Waals surface area contributed by atoms with Gasteiger partial charge in [-0.15, -0.1) is 0 Å². The average Bonchev–Trinajstić information content (AvgIpc) is 2.46. The zero-order chi connectivity index (χ0) is 15.6. The molecule has 1 heterocycles. The number of likely N-dealkylation sites (tertiary alicyclic amines) is 1. The minimum atomic E-state index is -4.25. The first-order valence-corrected chi connectivity index (χ1v) is 7.37. The van der Waals surface area contributed by atoms with Gasteiger partial charge >= 0.3 is 12.1 Å². The van der Waals surface area contributed by atoms with Crippen LogP contribution in [0.4, 0.5) is 13.2 Å². The van der Waals surface area contributed by atoms with Gasteiger partial charge in [0.2, 0.25) is 5.91 Å². The molecule has 1 aliphatic carbocycles. The van der Waals surface area contributed by atoms with Gasteiger partial charge in [-0.2, -0.15) is 13.2 Å². The topological polar surface area (TPSA) is 57.6 Å². The number of alkyl halides is 3. The highest BCUT2D eigenvalue weighted by Gasteiger charge is 2.44. The standard InChI is InChI=1S/C14H20F3NO3/c15-14(16,17)11-5-1-3-9(7-11)12(19)18-6-2-4-10(8-18)13(20)21/h9-11H,1-8H2,(H,20,21). The fraction of sp³-hybridized carbons (Fsp3) is 0.857. The Morgan fingerprint density at radius 3 is 2.33 bits per heavy atom. The Morgan fingerprint density at radius 1 is 1.05 bits per heavy atom. The maximum atomic E-state index is 12.8. The zero-order valence-electron chi connectivity index (χ0n) is 11.7. The first-order chi connectivity index (χ1) is 9.79. The van der Waals surface area contributed by atoms with Crippen molar-refractivity contribution in [1.82, 2.24) is 4.90 Å². The molecule has 0 bridgehead atoms. The van der Waals surface area contributed by atoms with Gasteiger partial charge < -0.3 is 10.0 Å². The molecule has 1 saturated heterocycles. The van der Waals surface area contributed by atoms with Gasteiger partial charge in [0.25, 0.3) is 0 Å². The van der Waals surface area contributed by atoms with Crippen LogP contribution in [0.15, 0.2) is 0 Å². The number of halogens is 3. The molecule has 7 heteroatoms. The molecule has 0 aromatic rings. The summed E-state index contributed by atoms with van der Waals surface area (Å²) >= 11 is 0. The molecule has 0 aromatic carbocycles. The molecule has 1 aliphatic heterocycles. The van der Waals surface area contributed by atoms with Crippen LogP contribution in [-0.2, 0) is 9.59 Å². The van der Waals surface area contributed by atoms with E-state index in [2.05, 4.69) is 0 Å². The summed E-state index contributed by atoms with van der Waals surface area (Å²) < 4.78 is 38.4. The van der Waals surface area contributed by atoms with Crippen LogP contribution in [0, 0.1) is 17.8 Å². The van der Waals surface area contributed by atoms with Crippen molar-refractivity contribution in [2.45, 2.75) is 44.7 Å². The van der Waals surface area contributed by atoms with Crippen LogP contribution in [0.3, 0.4) is 0 Å². The Bertz CT molecular complexity index is 411. The molecule has 2 fully saturated rings. The van der Waals surface area contributed by atoms with Crippen LogP contribution in [0.2, 0.25) is 0 Å². The maximum Gasteiger partial charge on any atom is 0.391 e. The van der Waals surface area contributed by atoms with Crippen molar-refractivity contribution in [1.29, 1.82) is 0 Å². The maximum absolute atomic E-state index is 12.8. The fourth-order valence-electron chi connectivity index (χ4n) is 3.35. The molecule has 120 valence electrons. The van der Waals surface area contributed by atoms with Crippen molar-refractivity contribution >= 4 is 11.9 Å². The van der Waals surface area contributed by atoms with Gasteiger partial charge in [-0.25, -0.2) is 0 Å². The predicted octanol–water partition coefficient (Wildman–Crippen LogP) is 2.68. The average molecular weight is 307 g/mol. The summed E-state index contributed by atoms with van der Waals surface area (Å²) in [5.74, 6) is -3.85. The number of carbonyl (C=O) groups excluding carboxylic acids is 1. The summed E-state index contributed by atoms with van der Waals surface area (Å²) in [6.07, 6.45) is -2.32. The quantitative estimate of drug-likeness (QED) is 0.853. The van der Waals surface area contributed by atoms with E-state index in [1.165, 1.54) is 4.90 Å². The molecule has 2 rings (SSSR count). The Hall–Kier alpha value is -1.27. The summed E-state index contributed by atoms with van der Waals surface area (Å²) in [5.41, 5.74) is 0. The number of piperidine rings is 1. The second-order valence-electron chi connectivity index (χ2n) is 6.06. The van der Waals surface area contributed by atoms with Crippen LogP contribution in [-0.4, -0.2) is 41.1 Å². The van der Waals surface area contributed by atoms with E-state index in [1.54, 1.807) is 0 Å². The molecule has 0 spiro atoms. The summed E-state index contributed by atoms with van der Waals surface area (Å²) in [6.45, 7) is 0.581. The summed E-state index contributed by atoms with van der Waals surface area (Å²) in [5, 5.41) is 9.01. The number of carbonyl (C=O) groups is 2. The number of aliphatic carboxylic acids is 1. The highest BCUT2D eigenvalue weighted by atomic mass is 19.4. The third kappa shape index (κ3) is 3.89. The lowest BCUT2D eigenvalue weighted by Crippen LogP contribution is -2.46. The van der Waals surface area contributed by atoms with Gasteiger partial charge in [0, 0.05) is 19.0 Å². The third-order valence-corrected chi connectivity index (χ3v) is 4.57. The molecule has 0 radical (unpaired) electrons. The first kappa shape index (κ1) is 16.1. The SMILES string of the molecule is O=C(O)C1CCCN(C(=O)C2CCCC(C(F)(F)F)C2)C1. The minimum Gasteiger partial charge on any atom is -0.481 e. The molecule has 1 saturated carbocycles. The van der Waals surface area contributed by atoms with E-state index in [1.807, 2.05) is 0 Å². The molecule has 3 unspecified atom stereocenters. The molecule has 2 aliphatic rings. The van der Waals surface area contributed by atoms with E-state index in [0.29, 0.717) is 32.2 Å². The second kappa shape index (κ2) is 6.23. The highest BCUT2D eigenvalue weighted by Crippen LogP contribution is 2.40. The monoisotopic (exact) mass is 307 g/mol. The normalized spacial score (nSPS) is 31.0. The number of carboxylic acid groups (broad SMARTS) is 1. The van der Waals surface area contributed by atoms with Crippen molar-refractivity contribution in [2.75, 3.05) is 13.1 Å². The van der Waals surface area contributed by atoms with E-state index >= 15 is 0 Å². The minimum absolute atomic E-state index is 0.0883. The molecule has 3 atom stereocenters. The van der Waals surface area contributed by atoms with Crippen molar-refractivity contribution in [3.8, 4) is 0 Å². The van der Waals surface area contributed by atoms with Crippen LogP contribution >= 0.6 is 0 Å². The van der Waals surface area contributed by atoms with Gasteiger partial charge in [0.1, 0.15) is 0 Å². The summed E-state index contributed by atoms with van der Waals surface area (Å²) in [7, 11) is 0. The van der Waals surface area contributed by atoms with E-state index in [-0.39, 0.29) is 25.3 Å². The zero-order valence-corrected chi connectivity index (χ0v) is 11.7. The van der Waals surface area contributed by atoms with E-state index in [0.717, 1.165) is 0 Å². The number of amides is 1. The van der Waals surface area contributed by atoms with Gasteiger partial charge in [-0.3, -0.25) is 9.59 Å². The summed E-state index contributed by atoms with van der Waals surface area (Å²) in [4.78, 5) is 24.8. The Labute approximate surface area is 121 Å². The lowest BCUT2D eigenvalue weighted by Gasteiger charge is -2.36. The van der Waals surface area contributed by atoms with E-state index < -0.39 is 29.9 Å². The molecular weight excluding hydrogens is 287 g/mol. The third-order valence-electron chi connectivity index (χ3n) is 4.57. The van der Waals surface area contributed by atoms with Crippen molar-refractivity contribution in [2.24, 2.45) is 17.8 Å².